The number of aromatic hydroxyl groups is 2. The third-order valence-corrected chi connectivity index (χ3v) is 3.75. The number of carboxylic acid groups (broad SMARTS) is 1. The van der Waals surface area contributed by atoms with Gasteiger partial charge in [-0.3, -0.25) is 0 Å². The monoisotopic (exact) mass is 321 g/mol. The van der Waals surface area contributed by atoms with Crippen molar-refractivity contribution in [2.24, 2.45) is 0 Å². The lowest BCUT2D eigenvalue weighted by molar-refractivity contribution is 0.0694. The Labute approximate surface area is 138 Å². The number of carboxylic acids is 1. The van der Waals surface area contributed by atoms with Gasteiger partial charge in [0, 0.05) is 5.39 Å². The molecular weight excluding hydrogens is 306 g/mol. The van der Waals surface area contributed by atoms with Crippen LogP contribution < -0.4 is 0 Å². The molecule has 0 saturated heterocycles. The van der Waals surface area contributed by atoms with Gasteiger partial charge in [0.25, 0.3) is 0 Å². The number of benzene rings is 2. The van der Waals surface area contributed by atoms with Gasteiger partial charge in [0.2, 0.25) is 0 Å². The Kier molecular flexibility index (Phi) is 3.92. The number of nitrogens with zero attached hydrogens (tertiary/aromatic N) is 1. The molecule has 0 amide bonds. The molecule has 0 bridgehead atoms. The molecule has 0 aliphatic rings. The van der Waals surface area contributed by atoms with Crippen LogP contribution in [0.25, 0.3) is 23.1 Å². The van der Waals surface area contributed by atoms with Gasteiger partial charge in [-0.15, -0.1) is 0 Å². The number of phenolic OH excluding ortho intramolecular Hbond substituents is 1. The summed E-state index contributed by atoms with van der Waals surface area (Å²) in [6, 6.07) is 11.8. The highest BCUT2D eigenvalue weighted by Crippen LogP contribution is 2.28. The van der Waals surface area contributed by atoms with E-state index in [0.29, 0.717) is 11.1 Å². The van der Waals surface area contributed by atoms with Crippen molar-refractivity contribution in [2.75, 3.05) is 0 Å². The van der Waals surface area contributed by atoms with Crippen LogP contribution in [0, 0.1) is 6.92 Å². The van der Waals surface area contributed by atoms with E-state index in [-0.39, 0.29) is 22.6 Å². The second-order valence-corrected chi connectivity index (χ2v) is 5.45. The van der Waals surface area contributed by atoms with Gasteiger partial charge in [0.15, 0.2) is 5.75 Å². The molecule has 0 radical (unpaired) electrons. The van der Waals surface area contributed by atoms with Gasteiger partial charge in [0.05, 0.1) is 5.69 Å². The van der Waals surface area contributed by atoms with Gasteiger partial charge < -0.3 is 15.3 Å². The molecule has 5 nitrogen and oxygen atoms in total. The first-order valence-electron chi connectivity index (χ1n) is 7.29. The number of pyridine rings is 1. The fourth-order valence-corrected chi connectivity index (χ4v) is 2.42. The Morgan fingerprint density at radius 2 is 1.79 bits per heavy atom. The van der Waals surface area contributed by atoms with Crippen LogP contribution in [-0.2, 0) is 0 Å². The molecule has 0 aliphatic carbocycles. The number of hydrogen-bond acceptors (Lipinski definition) is 4. The summed E-state index contributed by atoms with van der Waals surface area (Å²) in [5.74, 6) is -1.30. The molecule has 2 aromatic carbocycles. The van der Waals surface area contributed by atoms with Crippen molar-refractivity contribution in [1.82, 2.24) is 4.98 Å². The van der Waals surface area contributed by atoms with E-state index in [1.54, 1.807) is 36.4 Å². The number of aryl methyl sites for hydroxylation is 1. The normalized spacial score (nSPS) is 11.2. The average molecular weight is 321 g/mol. The van der Waals surface area contributed by atoms with Crippen LogP contribution in [0.3, 0.4) is 0 Å². The Hall–Kier alpha value is -3.34. The van der Waals surface area contributed by atoms with Crippen LogP contribution in [0.15, 0.2) is 42.5 Å². The maximum absolute atomic E-state index is 11.1. The van der Waals surface area contributed by atoms with Crippen LogP contribution >= 0.6 is 0 Å². The van der Waals surface area contributed by atoms with Crippen LogP contribution in [0.5, 0.6) is 11.5 Å². The molecule has 3 rings (SSSR count). The topological polar surface area (TPSA) is 90.7 Å². The summed E-state index contributed by atoms with van der Waals surface area (Å²) in [6.45, 7) is 1.81. The van der Waals surface area contributed by atoms with Gasteiger partial charge in [-0.05, 0) is 48.4 Å². The molecule has 5 heteroatoms. The van der Waals surface area contributed by atoms with Crippen molar-refractivity contribution in [3.05, 3.63) is 64.8 Å². The second kappa shape index (κ2) is 6.04. The summed E-state index contributed by atoms with van der Waals surface area (Å²) in [5, 5.41) is 29.4. The van der Waals surface area contributed by atoms with Crippen LogP contribution in [-0.4, -0.2) is 26.3 Å². The van der Waals surface area contributed by atoms with Crippen LogP contribution in [0.4, 0.5) is 0 Å². The zero-order valence-corrected chi connectivity index (χ0v) is 12.9. The lowest BCUT2D eigenvalue weighted by atomic mass is 10.1. The van der Waals surface area contributed by atoms with E-state index in [4.69, 9.17) is 5.11 Å². The predicted molar refractivity (Wildman–Crippen MR) is 92.1 cm³/mol. The molecule has 0 aliphatic heterocycles. The smallest absolute Gasteiger partial charge is 0.339 e. The van der Waals surface area contributed by atoms with Crippen molar-refractivity contribution in [2.45, 2.75) is 6.92 Å². The Balaban J connectivity index is 2.00. The SMILES string of the molecule is Cc1cc(/C=C/c2ccc3ccc(C(=O)O)c(O)c3n2)ccc1O. The first-order chi connectivity index (χ1) is 11.5. The van der Waals surface area contributed by atoms with Crippen molar-refractivity contribution in [3.8, 4) is 11.5 Å². The average Bonchev–Trinajstić information content (AvgIpc) is 2.56. The fourth-order valence-electron chi connectivity index (χ4n) is 2.42. The standard InChI is InChI=1S/C19H15NO4/c1-11-10-12(3-9-16(11)21)2-6-14-7-4-13-5-8-15(19(23)24)18(22)17(13)20-14/h2-10,21-22H,1H3,(H,23,24)/b6-2+. The van der Waals surface area contributed by atoms with Gasteiger partial charge in [-0.1, -0.05) is 24.3 Å². The lowest BCUT2D eigenvalue weighted by Gasteiger charge is -2.05. The largest absolute Gasteiger partial charge is 0.508 e. The number of fused-ring (bicyclic) bond motifs is 1. The van der Waals surface area contributed by atoms with Gasteiger partial charge in [-0.25, -0.2) is 9.78 Å². The Bertz CT molecular complexity index is 977. The maximum Gasteiger partial charge on any atom is 0.339 e. The highest BCUT2D eigenvalue weighted by Gasteiger charge is 2.13. The molecule has 3 aromatic rings. The summed E-state index contributed by atoms with van der Waals surface area (Å²) in [5.41, 5.74) is 2.33. The fraction of sp³-hybridized carbons (Fsp3) is 0.0526. The zero-order chi connectivity index (χ0) is 17.3. The van der Waals surface area contributed by atoms with Crippen LogP contribution in [0.1, 0.15) is 27.2 Å². The number of hydrogen-bond donors (Lipinski definition) is 3. The lowest BCUT2D eigenvalue weighted by Crippen LogP contribution is -1.97. The Morgan fingerprint density at radius 1 is 1.04 bits per heavy atom. The molecule has 0 spiro atoms. The number of aromatic nitrogens is 1. The molecule has 24 heavy (non-hydrogen) atoms. The van der Waals surface area contributed by atoms with Crippen LogP contribution in [0.2, 0.25) is 0 Å². The van der Waals surface area contributed by atoms with Gasteiger partial charge in [0.1, 0.15) is 16.8 Å². The molecule has 0 unspecified atom stereocenters. The first kappa shape index (κ1) is 15.6. The minimum absolute atomic E-state index is 0.176. The molecule has 0 fully saturated rings. The summed E-state index contributed by atoms with van der Waals surface area (Å²) >= 11 is 0. The van der Waals surface area contributed by atoms with E-state index in [0.717, 1.165) is 11.1 Å². The third-order valence-electron chi connectivity index (χ3n) is 3.75. The quantitative estimate of drug-likeness (QED) is 0.682. The molecular formula is C19H15NO4. The maximum atomic E-state index is 11.1. The summed E-state index contributed by atoms with van der Waals surface area (Å²) in [6.07, 6.45) is 3.59. The predicted octanol–water partition coefficient (Wildman–Crippen LogP) is 3.82. The summed E-state index contributed by atoms with van der Waals surface area (Å²) < 4.78 is 0. The number of rotatable bonds is 3. The molecule has 120 valence electrons. The zero-order valence-electron chi connectivity index (χ0n) is 12.9. The van der Waals surface area contributed by atoms with Gasteiger partial charge >= 0.3 is 5.97 Å². The highest BCUT2D eigenvalue weighted by molar-refractivity contribution is 5.99. The van der Waals surface area contributed by atoms with Crippen molar-refractivity contribution in [1.29, 1.82) is 0 Å². The molecule has 1 aromatic heterocycles. The van der Waals surface area contributed by atoms with Crippen molar-refractivity contribution in [3.63, 3.8) is 0 Å². The van der Waals surface area contributed by atoms with E-state index in [2.05, 4.69) is 4.98 Å². The second-order valence-electron chi connectivity index (χ2n) is 5.45. The minimum Gasteiger partial charge on any atom is -0.508 e. The van der Waals surface area contributed by atoms with E-state index in [1.807, 2.05) is 19.1 Å². The first-order valence-corrected chi connectivity index (χ1v) is 7.29. The molecule has 1 heterocycles. The van der Waals surface area contributed by atoms with E-state index in [1.165, 1.54) is 6.07 Å². The molecule has 3 N–H and O–H groups in total. The summed E-state index contributed by atoms with van der Waals surface area (Å²) in [7, 11) is 0. The third kappa shape index (κ3) is 2.92. The molecule has 0 atom stereocenters. The van der Waals surface area contributed by atoms with Crippen molar-refractivity contribution < 1.29 is 20.1 Å². The number of phenols is 2. The van der Waals surface area contributed by atoms with E-state index >= 15 is 0 Å². The highest BCUT2D eigenvalue weighted by atomic mass is 16.4. The molecule has 0 saturated carbocycles. The van der Waals surface area contributed by atoms with Crippen molar-refractivity contribution >= 4 is 29.0 Å². The minimum atomic E-state index is -1.20. The van der Waals surface area contributed by atoms with E-state index < -0.39 is 5.97 Å². The number of aromatic carboxylic acids is 1. The van der Waals surface area contributed by atoms with E-state index in [9.17, 15) is 15.0 Å². The van der Waals surface area contributed by atoms with Gasteiger partial charge in [-0.2, -0.15) is 0 Å². The summed E-state index contributed by atoms with van der Waals surface area (Å²) in [4.78, 5) is 15.4. The number of carbonyl (C=O) groups is 1. The Morgan fingerprint density at radius 3 is 2.50 bits per heavy atom.